The highest BCUT2D eigenvalue weighted by atomic mass is 35.5. The molecule has 1 aliphatic rings. The predicted molar refractivity (Wildman–Crippen MR) is 124 cm³/mol. The molecule has 1 N–H and O–H groups in total. The summed E-state index contributed by atoms with van der Waals surface area (Å²) in [7, 11) is 0. The van der Waals surface area contributed by atoms with Crippen molar-refractivity contribution in [3.63, 3.8) is 0 Å². The van der Waals surface area contributed by atoms with Gasteiger partial charge >= 0.3 is 0 Å². The summed E-state index contributed by atoms with van der Waals surface area (Å²) in [6.07, 6.45) is 1.78. The van der Waals surface area contributed by atoms with Crippen molar-refractivity contribution in [2.24, 2.45) is 0 Å². The maximum absolute atomic E-state index is 11.7. The average Bonchev–Trinajstić information content (AvgIpc) is 3.08. The van der Waals surface area contributed by atoms with Crippen molar-refractivity contribution in [2.75, 3.05) is 11.4 Å². The van der Waals surface area contributed by atoms with Crippen molar-refractivity contribution in [1.82, 2.24) is 19.7 Å². The number of rotatable bonds is 2. The SMILES string of the molecule is Cc1cc(=O)[nH]cc1-c1ccc2c(c1)N(c1ccc(Cl)cc1)CC(C)c1nnc(C)n1-2. The van der Waals surface area contributed by atoms with E-state index in [2.05, 4.69) is 49.8 Å². The smallest absolute Gasteiger partial charge is 0.248 e. The van der Waals surface area contributed by atoms with E-state index in [1.54, 1.807) is 12.3 Å². The monoisotopic (exact) mass is 431 g/mol. The third kappa shape index (κ3) is 3.33. The molecule has 0 aliphatic carbocycles. The van der Waals surface area contributed by atoms with Gasteiger partial charge in [-0.2, -0.15) is 0 Å². The number of hydrogen-bond acceptors (Lipinski definition) is 4. The van der Waals surface area contributed by atoms with Gasteiger partial charge in [0.1, 0.15) is 11.6 Å². The van der Waals surface area contributed by atoms with Gasteiger partial charge in [0.15, 0.2) is 0 Å². The number of fused-ring (bicyclic) bond motifs is 3. The van der Waals surface area contributed by atoms with Crippen LogP contribution in [-0.4, -0.2) is 26.3 Å². The number of nitrogens with zero attached hydrogens (tertiary/aromatic N) is 4. The van der Waals surface area contributed by atoms with Gasteiger partial charge in [-0.15, -0.1) is 10.2 Å². The summed E-state index contributed by atoms with van der Waals surface area (Å²) < 4.78 is 2.14. The summed E-state index contributed by atoms with van der Waals surface area (Å²) in [5, 5.41) is 9.51. The molecule has 1 atom stereocenters. The Labute approximate surface area is 185 Å². The highest BCUT2D eigenvalue weighted by molar-refractivity contribution is 6.30. The third-order valence-corrected chi connectivity index (χ3v) is 6.09. The molecule has 4 aromatic rings. The van der Waals surface area contributed by atoms with Crippen LogP contribution in [0.3, 0.4) is 0 Å². The fourth-order valence-corrected chi connectivity index (χ4v) is 4.42. The molecule has 0 radical (unpaired) electrons. The Morgan fingerprint density at radius 2 is 1.81 bits per heavy atom. The number of pyridine rings is 1. The highest BCUT2D eigenvalue weighted by Gasteiger charge is 2.28. The van der Waals surface area contributed by atoms with Crippen LogP contribution >= 0.6 is 11.6 Å². The summed E-state index contributed by atoms with van der Waals surface area (Å²) in [5.41, 5.74) is 6.01. The Kier molecular flexibility index (Phi) is 4.67. The molecule has 7 heteroatoms. The molecule has 2 aromatic carbocycles. The van der Waals surface area contributed by atoms with Gasteiger partial charge in [0.05, 0.1) is 11.4 Å². The van der Waals surface area contributed by atoms with Gasteiger partial charge < -0.3 is 9.88 Å². The second-order valence-electron chi connectivity index (χ2n) is 8.03. The lowest BCUT2D eigenvalue weighted by Crippen LogP contribution is -2.22. The lowest BCUT2D eigenvalue weighted by molar-refractivity contribution is 0.696. The first-order valence-electron chi connectivity index (χ1n) is 10.2. The quantitative estimate of drug-likeness (QED) is 0.476. The van der Waals surface area contributed by atoms with E-state index in [4.69, 9.17) is 11.6 Å². The summed E-state index contributed by atoms with van der Waals surface area (Å²) in [4.78, 5) is 16.8. The van der Waals surface area contributed by atoms with Gasteiger partial charge in [-0.3, -0.25) is 9.36 Å². The molecule has 1 aliphatic heterocycles. The molecule has 0 fully saturated rings. The zero-order valence-electron chi connectivity index (χ0n) is 17.6. The van der Waals surface area contributed by atoms with Crippen LogP contribution in [0.1, 0.15) is 30.1 Å². The molecular weight excluding hydrogens is 410 g/mol. The van der Waals surface area contributed by atoms with Crippen LogP contribution in [0.25, 0.3) is 16.8 Å². The molecule has 3 heterocycles. The second-order valence-corrected chi connectivity index (χ2v) is 8.46. The summed E-state index contributed by atoms with van der Waals surface area (Å²) in [6, 6.07) is 15.9. The first-order chi connectivity index (χ1) is 14.9. The van der Waals surface area contributed by atoms with Gasteiger partial charge in [-0.1, -0.05) is 24.6 Å². The number of H-pyrrole nitrogens is 1. The van der Waals surface area contributed by atoms with Crippen molar-refractivity contribution >= 4 is 23.0 Å². The minimum absolute atomic E-state index is 0.0996. The number of anilines is 2. The number of benzene rings is 2. The molecule has 1 unspecified atom stereocenters. The van der Waals surface area contributed by atoms with Crippen molar-refractivity contribution < 1.29 is 0 Å². The molecule has 0 saturated heterocycles. The van der Waals surface area contributed by atoms with Crippen LogP contribution < -0.4 is 10.5 Å². The molecule has 6 nitrogen and oxygen atoms in total. The number of aryl methyl sites for hydroxylation is 2. The van der Waals surface area contributed by atoms with Crippen molar-refractivity contribution in [2.45, 2.75) is 26.7 Å². The fraction of sp³-hybridized carbons (Fsp3) is 0.208. The van der Waals surface area contributed by atoms with E-state index in [-0.39, 0.29) is 11.5 Å². The van der Waals surface area contributed by atoms with E-state index in [1.807, 2.05) is 38.1 Å². The van der Waals surface area contributed by atoms with E-state index in [0.29, 0.717) is 5.02 Å². The normalized spacial score (nSPS) is 15.4. The third-order valence-electron chi connectivity index (χ3n) is 5.83. The average molecular weight is 432 g/mol. The van der Waals surface area contributed by atoms with Crippen molar-refractivity contribution in [1.29, 1.82) is 0 Å². The van der Waals surface area contributed by atoms with Crippen LogP contribution in [0, 0.1) is 13.8 Å². The molecule has 5 rings (SSSR count). The van der Waals surface area contributed by atoms with Crippen LogP contribution in [0.15, 0.2) is 59.5 Å². The van der Waals surface area contributed by atoms with Crippen molar-refractivity contribution in [3.8, 4) is 16.8 Å². The van der Waals surface area contributed by atoms with Crippen LogP contribution in [0.4, 0.5) is 11.4 Å². The van der Waals surface area contributed by atoms with Crippen LogP contribution in [0.2, 0.25) is 5.02 Å². The summed E-state index contributed by atoms with van der Waals surface area (Å²) >= 11 is 6.15. The minimum atomic E-state index is -0.0996. The summed E-state index contributed by atoms with van der Waals surface area (Å²) in [6.45, 7) is 6.85. The van der Waals surface area contributed by atoms with E-state index in [9.17, 15) is 4.79 Å². The number of nitrogens with one attached hydrogen (secondary N) is 1. The molecule has 0 amide bonds. The number of aromatic nitrogens is 4. The molecule has 31 heavy (non-hydrogen) atoms. The molecule has 2 aromatic heterocycles. The maximum atomic E-state index is 11.7. The van der Waals surface area contributed by atoms with E-state index in [0.717, 1.165) is 51.9 Å². The van der Waals surface area contributed by atoms with Gasteiger partial charge in [0.2, 0.25) is 5.56 Å². The Bertz CT molecular complexity index is 1340. The van der Waals surface area contributed by atoms with Gasteiger partial charge in [0, 0.05) is 41.0 Å². The number of hydrogen-bond donors (Lipinski definition) is 1. The lowest BCUT2D eigenvalue weighted by atomic mass is 10.0. The number of halogens is 1. The van der Waals surface area contributed by atoms with Crippen LogP contribution in [-0.2, 0) is 0 Å². The van der Waals surface area contributed by atoms with E-state index in [1.165, 1.54) is 0 Å². The second kappa shape index (κ2) is 7.39. The maximum Gasteiger partial charge on any atom is 0.248 e. The number of aromatic amines is 1. The Hall–Kier alpha value is -3.38. The first-order valence-corrected chi connectivity index (χ1v) is 10.6. The Morgan fingerprint density at radius 3 is 2.55 bits per heavy atom. The van der Waals surface area contributed by atoms with Gasteiger partial charge in [-0.05, 0) is 61.4 Å². The Balaban J connectivity index is 1.76. The largest absolute Gasteiger partial charge is 0.339 e. The predicted octanol–water partition coefficient (Wildman–Crippen LogP) is 5.15. The van der Waals surface area contributed by atoms with E-state index < -0.39 is 0 Å². The fourth-order valence-electron chi connectivity index (χ4n) is 4.30. The summed E-state index contributed by atoms with van der Waals surface area (Å²) in [5.74, 6) is 1.97. The topological polar surface area (TPSA) is 66.8 Å². The lowest BCUT2D eigenvalue weighted by Gasteiger charge is -2.27. The van der Waals surface area contributed by atoms with E-state index >= 15 is 0 Å². The molecule has 0 spiro atoms. The molecule has 0 bridgehead atoms. The van der Waals surface area contributed by atoms with Gasteiger partial charge in [-0.25, -0.2) is 0 Å². The highest BCUT2D eigenvalue weighted by Crippen LogP contribution is 2.40. The Morgan fingerprint density at radius 1 is 1.03 bits per heavy atom. The molecule has 0 saturated carbocycles. The zero-order valence-corrected chi connectivity index (χ0v) is 18.3. The van der Waals surface area contributed by atoms with Crippen LogP contribution in [0.5, 0.6) is 0 Å². The molecule has 156 valence electrons. The standard InChI is InChI=1S/C24H22ClN5O/c1-14-10-23(31)26-12-20(14)17-4-9-21-22(11-17)29(19-7-5-18(25)6-8-19)13-15(2)24-28-27-16(3)30(21)24/h4-12,15H,13H2,1-3H3,(H,26,31). The van der Waals surface area contributed by atoms with Crippen molar-refractivity contribution in [3.05, 3.63) is 87.3 Å². The first kappa shape index (κ1) is 19.6. The zero-order chi connectivity index (χ0) is 21.7. The molecular formula is C24H22ClN5O. The van der Waals surface area contributed by atoms with Gasteiger partial charge in [0.25, 0.3) is 0 Å². The minimum Gasteiger partial charge on any atom is -0.339 e.